The number of likely N-dealkylation sites (tertiary alicyclic amines) is 2. The third kappa shape index (κ3) is 3.31. The van der Waals surface area contributed by atoms with Crippen molar-refractivity contribution in [2.45, 2.75) is 45.6 Å². The van der Waals surface area contributed by atoms with Gasteiger partial charge in [-0.25, -0.2) is 9.59 Å². The topological polar surface area (TPSA) is 70.1 Å². The molecule has 0 spiro atoms. The highest BCUT2D eigenvalue weighted by atomic mass is 16.5. The number of nitrogens with zero attached hydrogens (tertiary/aromatic N) is 2. The molecule has 0 aromatic carbocycles. The summed E-state index contributed by atoms with van der Waals surface area (Å²) in [5.74, 6) is -0.976. The molecule has 0 saturated carbocycles. The van der Waals surface area contributed by atoms with Crippen LogP contribution < -0.4 is 0 Å². The van der Waals surface area contributed by atoms with Crippen LogP contribution in [0.5, 0.6) is 0 Å². The standard InChI is InChI=1S/C15H26N2O4/c1-4-15(5-2)6-7-16(11-15)13(20)17-9-14(3,10-17)21-8-12(18)19/h4-11H2,1-3H3,(H,18,19). The number of amides is 2. The highest BCUT2D eigenvalue weighted by Gasteiger charge is 2.46. The average Bonchev–Trinajstić information content (AvgIpc) is 2.86. The molecule has 2 saturated heterocycles. The van der Waals surface area contributed by atoms with Crippen LogP contribution in [-0.4, -0.2) is 65.3 Å². The third-order valence-corrected chi connectivity index (χ3v) is 5.07. The van der Waals surface area contributed by atoms with E-state index in [1.54, 1.807) is 4.90 Å². The maximum absolute atomic E-state index is 12.5. The number of carboxylic acid groups (broad SMARTS) is 1. The molecule has 0 aromatic heterocycles. The van der Waals surface area contributed by atoms with E-state index < -0.39 is 11.6 Å². The number of aliphatic carboxylic acids is 1. The molecular weight excluding hydrogens is 272 g/mol. The molecule has 0 aromatic rings. The summed E-state index contributed by atoms with van der Waals surface area (Å²) < 4.78 is 5.34. The number of carbonyl (C=O) groups is 2. The van der Waals surface area contributed by atoms with E-state index in [2.05, 4.69) is 13.8 Å². The first-order chi connectivity index (χ1) is 9.83. The number of carboxylic acids is 1. The molecular formula is C15H26N2O4. The SMILES string of the molecule is CCC1(CC)CCN(C(=O)N2CC(C)(OCC(=O)O)C2)C1. The predicted octanol–water partition coefficient (Wildman–Crippen LogP) is 1.79. The van der Waals surface area contributed by atoms with Crippen LogP contribution in [0.1, 0.15) is 40.0 Å². The smallest absolute Gasteiger partial charge is 0.329 e. The largest absolute Gasteiger partial charge is 0.480 e. The van der Waals surface area contributed by atoms with E-state index in [1.165, 1.54) is 0 Å². The molecule has 21 heavy (non-hydrogen) atoms. The fourth-order valence-corrected chi connectivity index (χ4v) is 3.35. The van der Waals surface area contributed by atoms with Crippen LogP contribution >= 0.6 is 0 Å². The molecule has 0 bridgehead atoms. The Hall–Kier alpha value is -1.30. The van der Waals surface area contributed by atoms with Crippen LogP contribution in [0.2, 0.25) is 0 Å². The molecule has 6 heteroatoms. The Labute approximate surface area is 126 Å². The lowest BCUT2D eigenvalue weighted by atomic mass is 9.82. The Balaban J connectivity index is 1.83. The van der Waals surface area contributed by atoms with Crippen molar-refractivity contribution < 1.29 is 19.4 Å². The van der Waals surface area contributed by atoms with Crippen molar-refractivity contribution in [3.63, 3.8) is 0 Å². The molecule has 0 unspecified atom stereocenters. The Bertz CT molecular complexity index is 414. The number of rotatable bonds is 5. The molecule has 2 aliphatic rings. The lowest BCUT2D eigenvalue weighted by Gasteiger charge is -2.48. The summed E-state index contributed by atoms with van der Waals surface area (Å²) in [5, 5.41) is 8.64. The maximum atomic E-state index is 12.5. The zero-order valence-electron chi connectivity index (χ0n) is 13.2. The molecule has 0 atom stereocenters. The molecule has 2 fully saturated rings. The number of urea groups is 1. The predicted molar refractivity (Wildman–Crippen MR) is 78.2 cm³/mol. The van der Waals surface area contributed by atoms with Crippen LogP contribution in [0.25, 0.3) is 0 Å². The quantitative estimate of drug-likeness (QED) is 0.840. The van der Waals surface area contributed by atoms with Gasteiger partial charge in [-0.3, -0.25) is 0 Å². The molecule has 0 aliphatic carbocycles. The van der Waals surface area contributed by atoms with E-state index in [0.29, 0.717) is 13.1 Å². The van der Waals surface area contributed by atoms with Gasteiger partial charge in [-0.2, -0.15) is 0 Å². The monoisotopic (exact) mass is 298 g/mol. The van der Waals surface area contributed by atoms with E-state index in [9.17, 15) is 9.59 Å². The number of hydrogen-bond donors (Lipinski definition) is 1. The second-order valence-electron chi connectivity index (χ2n) is 6.65. The Kier molecular flexibility index (Phi) is 4.46. The fourth-order valence-electron chi connectivity index (χ4n) is 3.35. The molecule has 120 valence electrons. The first kappa shape index (κ1) is 16.1. The van der Waals surface area contributed by atoms with Crippen LogP contribution in [0.3, 0.4) is 0 Å². The highest BCUT2D eigenvalue weighted by molar-refractivity contribution is 5.76. The van der Waals surface area contributed by atoms with Gasteiger partial charge >= 0.3 is 12.0 Å². The minimum Gasteiger partial charge on any atom is -0.480 e. The summed E-state index contributed by atoms with van der Waals surface area (Å²) in [7, 11) is 0. The van der Waals surface area contributed by atoms with E-state index >= 15 is 0 Å². The Morgan fingerprint density at radius 1 is 1.14 bits per heavy atom. The number of hydrogen-bond acceptors (Lipinski definition) is 3. The summed E-state index contributed by atoms with van der Waals surface area (Å²) in [6, 6.07) is 0.0650. The number of carbonyl (C=O) groups excluding carboxylic acids is 1. The van der Waals surface area contributed by atoms with Gasteiger partial charge in [0.25, 0.3) is 0 Å². The number of ether oxygens (including phenoxy) is 1. The second kappa shape index (κ2) is 5.83. The van der Waals surface area contributed by atoms with Gasteiger partial charge < -0.3 is 19.6 Å². The van der Waals surface area contributed by atoms with Crippen molar-refractivity contribution in [2.24, 2.45) is 5.41 Å². The van der Waals surface area contributed by atoms with Crippen molar-refractivity contribution in [3.05, 3.63) is 0 Å². The Morgan fingerprint density at radius 2 is 1.76 bits per heavy atom. The minimum absolute atomic E-state index is 0.0650. The zero-order chi connectivity index (χ0) is 15.7. The van der Waals surface area contributed by atoms with E-state index in [0.717, 1.165) is 32.4 Å². The summed E-state index contributed by atoms with van der Waals surface area (Å²) in [4.78, 5) is 26.7. The molecule has 2 rings (SSSR count). The van der Waals surface area contributed by atoms with Gasteiger partial charge in [-0.05, 0) is 31.6 Å². The summed E-state index contributed by atoms with van der Waals surface area (Å²) >= 11 is 0. The lowest BCUT2D eigenvalue weighted by molar-refractivity contribution is -0.160. The van der Waals surface area contributed by atoms with Gasteiger partial charge in [0.05, 0.1) is 13.1 Å². The van der Waals surface area contributed by atoms with E-state index in [-0.39, 0.29) is 18.1 Å². The first-order valence-corrected chi connectivity index (χ1v) is 7.73. The molecule has 2 heterocycles. The van der Waals surface area contributed by atoms with Crippen LogP contribution in [-0.2, 0) is 9.53 Å². The molecule has 0 radical (unpaired) electrons. The van der Waals surface area contributed by atoms with Crippen molar-refractivity contribution >= 4 is 12.0 Å². The van der Waals surface area contributed by atoms with Crippen molar-refractivity contribution in [3.8, 4) is 0 Å². The van der Waals surface area contributed by atoms with Crippen molar-refractivity contribution in [2.75, 3.05) is 32.8 Å². The van der Waals surface area contributed by atoms with Crippen molar-refractivity contribution in [1.82, 2.24) is 9.80 Å². The summed E-state index contributed by atoms with van der Waals surface area (Å²) in [5.41, 5.74) is -0.232. The molecule has 2 amide bonds. The Morgan fingerprint density at radius 3 is 2.24 bits per heavy atom. The molecule has 2 aliphatic heterocycles. The van der Waals surface area contributed by atoms with Gasteiger partial charge in [-0.15, -0.1) is 0 Å². The first-order valence-electron chi connectivity index (χ1n) is 7.73. The zero-order valence-corrected chi connectivity index (χ0v) is 13.2. The normalized spacial score (nSPS) is 23.0. The van der Waals surface area contributed by atoms with E-state index in [4.69, 9.17) is 9.84 Å². The van der Waals surface area contributed by atoms with Crippen LogP contribution in [0.15, 0.2) is 0 Å². The molecule has 6 nitrogen and oxygen atoms in total. The third-order valence-electron chi connectivity index (χ3n) is 5.07. The summed E-state index contributed by atoms with van der Waals surface area (Å²) in [6.45, 7) is 8.53. The fraction of sp³-hybridized carbons (Fsp3) is 0.867. The highest BCUT2D eigenvalue weighted by Crippen LogP contribution is 2.38. The minimum atomic E-state index is -0.976. The van der Waals surface area contributed by atoms with Gasteiger partial charge in [-0.1, -0.05) is 13.8 Å². The van der Waals surface area contributed by atoms with Gasteiger partial charge in [0.2, 0.25) is 0 Å². The van der Waals surface area contributed by atoms with E-state index in [1.807, 2.05) is 11.8 Å². The van der Waals surface area contributed by atoms with Gasteiger partial charge in [0, 0.05) is 13.1 Å². The van der Waals surface area contributed by atoms with Gasteiger partial charge in [0.1, 0.15) is 12.2 Å². The van der Waals surface area contributed by atoms with Gasteiger partial charge in [0.15, 0.2) is 0 Å². The second-order valence-corrected chi connectivity index (χ2v) is 6.65. The summed E-state index contributed by atoms with van der Waals surface area (Å²) in [6.07, 6.45) is 3.28. The average molecular weight is 298 g/mol. The van der Waals surface area contributed by atoms with Crippen molar-refractivity contribution in [1.29, 1.82) is 0 Å². The lowest BCUT2D eigenvalue weighted by Crippen LogP contribution is -2.65. The van der Waals surface area contributed by atoms with Crippen LogP contribution in [0, 0.1) is 5.41 Å². The molecule has 1 N–H and O–H groups in total. The van der Waals surface area contributed by atoms with Crippen LogP contribution in [0.4, 0.5) is 4.79 Å². The maximum Gasteiger partial charge on any atom is 0.329 e.